The summed E-state index contributed by atoms with van der Waals surface area (Å²) in [4.78, 5) is 21.5. The maximum Gasteiger partial charge on any atom is 0.214 e. The number of hydrogen-bond acceptors (Lipinski definition) is 5. The Morgan fingerprint density at radius 2 is 1.97 bits per heavy atom. The number of nitrogen functional groups attached to an aromatic ring is 1. The Morgan fingerprint density at radius 1 is 1.17 bits per heavy atom. The Bertz CT molecular complexity index is 1180. The molecule has 2 aromatic heterocycles. The molecule has 0 radical (unpaired) electrons. The van der Waals surface area contributed by atoms with Gasteiger partial charge in [-0.1, -0.05) is 24.3 Å². The van der Waals surface area contributed by atoms with Gasteiger partial charge in [0.1, 0.15) is 17.8 Å². The quantitative estimate of drug-likeness (QED) is 0.492. The number of amides is 1. The van der Waals surface area contributed by atoms with E-state index in [0.29, 0.717) is 35.2 Å². The van der Waals surface area contributed by atoms with Gasteiger partial charge in [0.2, 0.25) is 6.41 Å². The van der Waals surface area contributed by atoms with Gasteiger partial charge in [0, 0.05) is 30.5 Å². The van der Waals surface area contributed by atoms with Gasteiger partial charge < -0.3 is 20.3 Å². The number of benzene rings is 2. The molecular formula is C21H18FN5O2. The van der Waals surface area contributed by atoms with Crippen molar-refractivity contribution in [2.45, 2.75) is 6.54 Å². The highest BCUT2D eigenvalue weighted by Gasteiger charge is 2.17. The molecule has 2 heterocycles. The molecule has 29 heavy (non-hydrogen) atoms. The lowest BCUT2D eigenvalue weighted by atomic mass is 10.1. The Kier molecular flexibility index (Phi) is 4.82. The van der Waals surface area contributed by atoms with Gasteiger partial charge in [0.15, 0.2) is 11.6 Å². The zero-order valence-corrected chi connectivity index (χ0v) is 15.4. The van der Waals surface area contributed by atoms with E-state index >= 15 is 0 Å². The zero-order chi connectivity index (χ0) is 20.4. The summed E-state index contributed by atoms with van der Waals surface area (Å²) < 4.78 is 15.3. The van der Waals surface area contributed by atoms with Crippen LogP contribution < -0.4 is 10.6 Å². The number of carbonyl (C=O) groups is 1. The number of rotatable bonds is 6. The first-order valence-electron chi connectivity index (χ1n) is 8.93. The van der Waals surface area contributed by atoms with Gasteiger partial charge in [0.25, 0.3) is 0 Å². The maximum atomic E-state index is 13.5. The molecule has 1 amide bonds. The van der Waals surface area contributed by atoms with Crippen LogP contribution in [0, 0.1) is 5.82 Å². The second-order valence-corrected chi connectivity index (χ2v) is 6.49. The Labute approximate surface area is 165 Å². The lowest BCUT2D eigenvalue weighted by Gasteiger charge is -2.17. The Morgan fingerprint density at radius 3 is 2.69 bits per heavy atom. The molecular weight excluding hydrogens is 373 g/mol. The highest BCUT2D eigenvalue weighted by atomic mass is 19.1. The molecule has 0 aliphatic rings. The highest BCUT2D eigenvalue weighted by Crippen LogP contribution is 2.34. The molecule has 0 atom stereocenters. The molecule has 0 unspecified atom stereocenters. The molecule has 0 saturated carbocycles. The fourth-order valence-electron chi connectivity index (χ4n) is 3.29. The molecule has 0 aliphatic heterocycles. The van der Waals surface area contributed by atoms with Crippen molar-refractivity contribution < 1.29 is 14.3 Å². The van der Waals surface area contributed by atoms with Gasteiger partial charge in [-0.25, -0.2) is 14.4 Å². The summed E-state index contributed by atoms with van der Waals surface area (Å²) in [6.07, 6.45) is 3.97. The van der Waals surface area contributed by atoms with Crippen LogP contribution in [0.15, 0.2) is 61.1 Å². The second kappa shape index (κ2) is 7.59. The smallest absolute Gasteiger partial charge is 0.214 e. The van der Waals surface area contributed by atoms with Gasteiger partial charge in [-0.15, -0.1) is 0 Å². The van der Waals surface area contributed by atoms with Crippen molar-refractivity contribution in [1.82, 2.24) is 14.5 Å². The van der Waals surface area contributed by atoms with Gasteiger partial charge in [-0.05, 0) is 29.8 Å². The van der Waals surface area contributed by atoms with Crippen LogP contribution in [0.2, 0.25) is 0 Å². The zero-order valence-electron chi connectivity index (χ0n) is 15.4. The second-order valence-electron chi connectivity index (χ2n) is 6.49. The van der Waals surface area contributed by atoms with Crippen molar-refractivity contribution in [2.75, 3.05) is 17.2 Å². The van der Waals surface area contributed by atoms with E-state index in [1.165, 1.54) is 18.5 Å². The predicted octanol–water partition coefficient (Wildman–Crippen LogP) is 3.19. The van der Waals surface area contributed by atoms with Crippen molar-refractivity contribution in [3.05, 3.63) is 66.9 Å². The molecule has 0 aliphatic carbocycles. The van der Waals surface area contributed by atoms with E-state index in [9.17, 15) is 14.3 Å². The van der Waals surface area contributed by atoms with Gasteiger partial charge in [-0.3, -0.25) is 4.79 Å². The lowest BCUT2D eigenvalue weighted by Crippen LogP contribution is -2.25. The molecule has 4 aromatic rings. The molecule has 8 heteroatoms. The van der Waals surface area contributed by atoms with Crippen LogP contribution in [-0.2, 0) is 11.3 Å². The third kappa shape index (κ3) is 3.47. The fourth-order valence-corrected chi connectivity index (χ4v) is 3.29. The summed E-state index contributed by atoms with van der Waals surface area (Å²) in [5.41, 5.74) is 8.72. The van der Waals surface area contributed by atoms with E-state index in [0.717, 1.165) is 12.1 Å². The van der Waals surface area contributed by atoms with Crippen LogP contribution in [0.4, 0.5) is 15.9 Å². The SMILES string of the molecule is Nc1ncnc2c1c(-c1ccc(F)c(O)c1)cn2CCN(C=O)c1ccccc1. The van der Waals surface area contributed by atoms with Gasteiger partial charge in [-0.2, -0.15) is 0 Å². The van der Waals surface area contributed by atoms with Crippen molar-refractivity contribution in [3.63, 3.8) is 0 Å². The number of nitrogens with two attached hydrogens (primary N) is 1. The standard InChI is InChI=1S/C21H18FN5O2/c22-17-7-6-14(10-18(17)29)16-11-26(21-19(16)20(23)24-12-25-21)8-9-27(13-28)15-4-2-1-3-5-15/h1-7,10-13,29H,8-9H2,(H2,23,24,25). The van der Waals surface area contributed by atoms with Crippen molar-refractivity contribution in [2.24, 2.45) is 0 Å². The summed E-state index contributed by atoms with van der Waals surface area (Å²) in [5, 5.41) is 10.4. The molecule has 0 spiro atoms. The molecule has 0 fully saturated rings. The number of carbonyl (C=O) groups excluding carboxylic acids is 1. The molecule has 0 saturated heterocycles. The maximum absolute atomic E-state index is 13.5. The van der Waals surface area contributed by atoms with E-state index in [1.54, 1.807) is 11.0 Å². The number of aromatic nitrogens is 3. The number of halogens is 1. The number of para-hydroxylation sites is 1. The number of nitrogens with zero attached hydrogens (tertiary/aromatic N) is 4. The summed E-state index contributed by atoms with van der Waals surface area (Å²) in [7, 11) is 0. The van der Waals surface area contributed by atoms with Crippen LogP contribution in [0.25, 0.3) is 22.2 Å². The van der Waals surface area contributed by atoms with Crippen LogP contribution >= 0.6 is 0 Å². The number of anilines is 2. The minimum Gasteiger partial charge on any atom is -0.505 e. The molecule has 2 aromatic carbocycles. The number of phenolic OH excluding ortho intramolecular Hbond substituents is 1. The van der Waals surface area contributed by atoms with Crippen molar-refractivity contribution in [3.8, 4) is 16.9 Å². The normalized spacial score (nSPS) is 10.9. The molecule has 0 bridgehead atoms. The van der Waals surface area contributed by atoms with Gasteiger partial charge >= 0.3 is 0 Å². The summed E-state index contributed by atoms with van der Waals surface area (Å²) in [6, 6.07) is 13.4. The van der Waals surface area contributed by atoms with E-state index < -0.39 is 11.6 Å². The minimum absolute atomic E-state index is 0.280. The fraction of sp³-hybridized carbons (Fsp3) is 0.0952. The number of fused-ring (bicyclic) bond motifs is 1. The Hall–Kier alpha value is -3.94. The number of phenols is 1. The van der Waals surface area contributed by atoms with Crippen LogP contribution in [0.5, 0.6) is 5.75 Å². The highest BCUT2D eigenvalue weighted by molar-refractivity contribution is 6.00. The van der Waals surface area contributed by atoms with E-state index in [4.69, 9.17) is 5.73 Å². The third-order valence-electron chi connectivity index (χ3n) is 4.74. The Balaban J connectivity index is 1.73. The lowest BCUT2D eigenvalue weighted by molar-refractivity contribution is -0.107. The number of hydrogen-bond donors (Lipinski definition) is 2. The minimum atomic E-state index is -0.703. The average Bonchev–Trinajstić information content (AvgIpc) is 3.11. The molecule has 7 nitrogen and oxygen atoms in total. The first kappa shape index (κ1) is 18.4. The van der Waals surface area contributed by atoms with Crippen molar-refractivity contribution in [1.29, 1.82) is 0 Å². The van der Waals surface area contributed by atoms with Crippen LogP contribution in [0.3, 0.4) is 0 Å². The predicted molar refractivity (Wildman–Crippen MR) is 109 cm³/mol. The molecule has 146 valence electrons. The first-order chi connectivity index (χ1) is 14.1. The van der Waals surface area contributed by atoms with E-state index in [-0.39, 0.29) is 5.82 Å². The van der Waals surface area contributed by atoms with Crippen molar-refractivity contribution >= 4 is 28.9 Å². The van der Waals surface area contributed by atoms with Crippen LogP contribution in [-0.4, -0.2) is 32.6 Å². The summed E-state index contributed by atoms with van der Waals surface area (Å²) in [5.74, 6) is -0.871. The van der Waals surface area contributed by atoms with Crippen LogP contribution in [0.1, 0.15) is 0 Å². The molecule has 3 N–H and O–H groups in total. The summed E-state index contributed by atoms with van der Waals surface area (Å²) in [6.45, 7) is 0.864. The largest absolute Gasteiger partial charge is 0.505 e. The van der Waals surface area contributed by atoms with Gasteiger partial charge in [0.05, 0.1) is 5.39 Å². The first-order valence-corrected chi connectivity index (χ1v) is 8.93. The molecule has 4 rings (SSSR count). The average molecular weight is 391 g/mol. The summed E-state index contributed by atoms with van der Waals surface area (Å²) >= 11 is 0. The number of aromatic hydroxyl groups is 1. The monoisotopic (exact) mass is 391 g/mol. The third-order valence-corrected chi connectivity index (χ3v) is 4.74. The topological polar surface area (TPSA) is 97.3 Å². The van der Waals surface area contributed by atoms with E-state index in [2.05, 4.69) is 9.97 Å². The van der Waals surface area contributed by atoms with E-state index in [1.807, 2.05) is 41.1 Å².